The second-order valence-corrected chi connectivity index (χ2v) is 5.20. The highest BCUT2D eigenvalue weighted by molar-refractivity contribution is 7.99. The summed E-state index contributed by atoms with van der Waals surface area (Å²) in [6.45, 7) is 4.19. The maximum absolute atomic E-state index is 12.0. The van der Waals surface area contributed by atoms with Crippen LogP contribution in [0.4, 0.5) is 13.2 Å². The largest absolute Gasteiger partial charge is 0.389 e. The molecule has 0 aromatic carbocycles. The van der Waals surface area contributed by atoms with Gasteiger partial charge in [0.05, 0.1) is 6.54 Å². The SMILES string of the molecule is CC(C)n1c(CN)nnc1SCCCC(F)(F)F. The zero-order chi connectivity index (χ0) is 13.8. The smallest absolute Gasteiger partial charge is 0.324 e. The summed E-state index contributed by atoms with van der Waals surface area (Å²) in [6, 6.07) is 0.142. The molecule has 104 valence electrons. The molecular formula is C10H17F3N4S. The van der Waals surface area contributed by atoms with E-state index in [1.165, 1.54) is 11.8 Å². The first-order valence-corrected chi connectivity index (χ1v) is 6.67. The van der Waals surface area contributed by atoms with Crippen LogP contribution in [0.15, 0.2) is 5.16 Å². The summed E-state index contributed by atoms with van der Waals surface area (Å²) in [6.07, 6.45) is -4.77. The Morgan fingerprint density at radius 1 is 1.33 bits per heavy atom. The molecule has 1 rings (SSSR count). The van der Waals surface area contributed by atoms with Gasteiger partial charge in [0, 0.05) is 18.2 Å². The standard InChI is InChI=1S/C10H17F3N4S/c1-7(2)17-8(6-14)15-16-9(17)18-5-3-4-10(11,12)13/h7H,3-6,14H2,1-2H3. The van der Waals surface area contributed by atoms with Crippen molar-refractivity contribution in [3.63, 3.8) is 0 Å². The van der Waals surface area contributed by atoms with Crippen molar-refractivity contribution in [2.24, 2.45) is 5.73 Å². The molecule has 1 heterocycles. The Labute approximate surface area is 108 Å². The molecule has 0 aliphatic heterocycles. The van der Waals surface area contributed by atoms with E-state index in [1.54, 1.807) is 0 Å². The highest BCUT2D eigenvalue weighted by Gasteiger charge is 2.26. The number of halogens is 3. The first-order valence-electron chi connectivity index (χ1n) is 5.68. The van der Waals surface area contributed by atoms with Crippen molar-refractivity contribution in [2.45, 2.75) is 50.6 Å². The molecule has 0 unspecified atom stereocenters. The molecule has 0 saturated heterocycles. The molecule has 0 aliphatic rings. The van der Waals surface area contributed by atoms with E-state index < -0.39 is 12.6 Å². The summed E-state index contributed by atoms with van der Waals surface area (Å²) < 4.78 is 37.8. The predicted octanol–water partition coefficient (Wildman–Crippen LogP) is 2.75. The maximum atomic E-state index is 12.0. The molecular weight excluding hydrogens is 265 g/mol. The Morgan fingerprint density at radius 2 is 2.00 bits per heavy atom. The second-order valence-electron chi connectivity index (χ2n) is 4.13. The van der Waals surface area contributed by atoms with E-state index in [0.29, 0.717) is 16.7 Å². The van der Waals surface area contributed by atoms with Crippen LogP contribution in [-0.2, 0) is 6.54 Å². The van der Waals surface area contributed by atoms with E-state index in [1.807, 2.05) is 18.4 Å². The summed E-state index contributed by atoms with van der Waals surface area (Å²) in [4.78, 5) is 0. The molecule has 4 nitrogen and oxygen atoms in total. The average molecular weight is 282 g/mol. The lowest BCUT2D eigenvalue weighted by atomic mass is 10.3. The Balaban J connectivity index is 2.55. The van der Waals surface area contributed by atoms with Crippen molar-refractivity contribution in [1.29, 1.82) is 0 Å². The number of nitrogens with zero attached hydrogens (tertiary/aromatic N) is 3. The lowest BCUT2D eigenvalue weighted by molar-refractivity contribution is -0.134. The number of rotatable bonds is 6. The molecule has 2 N–H and O–H groups in total. The van der Waals surface area contributed by atoms with Crippen molar-refractivity contribution in [3.8, 4) is 0 Å². The number of thioether (sulfide) groups is 1. The van der Waals surface area contributed by atoms with Crippen LogP contribution < -0.4 is 5.73 Å². The minimum atomic E-state index is -4.09. The fourth-order valence-electron chi connectivity index (χ4n) is 1.50. The van der Waals surface area contributed by atoms with Crippen LogP contribution in [0.3, 0.4) is 0 Å². The van der Waals surface area contributed by atoms with Crippen molar-refractivity contribution in [1.82, 2.24) is 14.8 Å². The van der Waals surface area contributed by atoms with Gasteiger partial charge < -0.3 is 10.3 Å². The van der Waals surface area contributed by atoms with Gasteiger partial charge in [0.25, 0.3) is 0 Å². The van der Waals surface area contributed by atoms with E-state index in [-0.39, 0.29) is 19.0 Å². The van der Waals surface area contributed by atoms with E-state index >= 15 is 0 Å². The van der Waals surface area contributed by atoms with Gasteiger partial charge in [0.1, 0.15) is 5.82 Å². The summed E-state index contributed by atoms with van der Waals surface area (Å²) in [5.41, 5.74) is 5.53. The van der Waals surface area contributed by atoms with E-state index in [4.69, 9.17) is 5.73 Å². The third-order valence-corrected chi connectivity index (χ3v) is 3.30. The molecule has 0 saturated carbocycles. The monoisotopic (exact) mass is 282 g/mol. The molecule has 0 radical (unpaired) electrons. The lowest BCUT2D eigenvalue weighted by Gasteiger charge is -2.12. The first kappa shape index (κ1) is 15.3. The lowest BCUT2D eigenvalue weighted by Crippen LogP contribution is -2.11. The first-order chi connectivity index (χ1) is 8.35. The topological polar surface area (TPSA) is 56.7 Å². The van der Waals surface area contributed by atoms with Gasteiger partial charge in [0.15, 0.2) is 5.16 Å². The third kappa shape index (κ3) is 4.49. The van der Waals surface area contributed by atoms with Crippen LogP contribution in [0.5, 0.6) is 0 Å². The fourth-order valence-corrected chi connectivity index (χ4v) is 2.52. The second kappa shape index (κ2) is 6.42. The van der Waals surface area contributed by atoms with Crippen LogP contribution in [0, 0.1) is 0 Å². The minimum Gasteiger partial charge on any atom is -0.324 e. The quantitative estimate of drug-likeness (QED) is 0.644. The van der Waals surface area contributed by atoms with Gasteiger partial charge in [-0.15, -0.1) is 10.2 Å². The van der Waals surface area contributed by atoms with E-state index in [9.17, 15) is 13.2 Å². The molecule has 0 spiro atoms. The number of nitrogens with two attached hydrogens (primary N) is 1. The van der Waals surface area contributed by atoms with Crippen LogP contribution in [0.1, 0.15) is 38.6 Å². The molecule has 1 aromatic heterocycles. The van der Waals surface area contributed by atoms with Crippen LogP contribution in [-0.4, -0.2) is 26.7 Å². The Hall–Kier alpha value is -0.760. The molecule has 0 aliphatic carbocycles. The maximum Gasteiger partial charge on any atom is 0.389 e. The summed E-state index contributed by atoms with van der Waals surface area (Å²) >= 11 is 1.29. The van der Waals surface area contributed by atoms with Crippen LogP contribution in [0.2, 0.25) is 0 Å². The number of aromatic nitrogens is 3. The molecule has 0 bridgehead atoms. The summed E-state index contributed by atoms with van der Waals surface area (Å²) in [7, 11) is 0. The van der Waals surface area contributed by atoms with Gasteiger partial charge in [-0.3, -0.25) is 0 Å². The van der Waals surface area contributed by atoms with Gasteiger partial charge in [-0.2, -0.15) is 13.2 Å². The van der Waals surface area contributed by atoms with Crippen molar-refractivity contribution < 1.29 is 13.2 Å². The molecule has 0 amide bonds. The van der Waals surface area contributed by atoms with Crippen molar-refractivity contribution >= 4 is 11.8 Å². The van der Waals surface area contributed by atoms with E-state index in [0.717, 1.165) is 0 Å². The predicted molar refractivity (Wildman–Crippen MR) is 64.3 cm³/mol. The third-order valence-electron chi connectivity index (χ3n) is 2.27. The zero-order valence-electron chi connectivity index (χ0n) is 10.4. The van der Waals surface area contributed by atoms with E-state index in [2.05, 4.69) is 10.2 Å². The van der Waals surface area contributed by atoms with Crippen LogP contribution in [0.25, 0.3) is 0 Å². The Kier molecular flexibility index (Phi) is 5.46. The van der Waals surface area contributed by atoms with Crippen molar-refractivity contribution in [2.75, 3.05) is 5.75 Å². The van der Waals surface area contributed by atoms with Crippen LogP contribution >= 0.6 is 11.8 Å². The van der Waals surface area contributed by atoms with Gasteiger partial charge in [-0.05, 0) is 20.3 Å². The number of hydrogen-bond acceptors (Lipinski definition) is 4. The highest BCUT2D eigenvalue weighted by atomic mass is 32.2. The summed E-state index contributed by atoms with van der Waals surface area (Å²) in [5, 5.41) is 8.52. The highest BCUT2D eigenvalue weighted by Crippen LogP contribution is 2.26. The Morgan fingerprint density at radius 3 is 2.50 bits per heavy atom. The number of hydrogen-bond donors (Lipinski definition) is 1. The average Bonchev–Trinajstić information content (AvgIpc) is 2.66. The van der Waals surface area contributed by atoms with Gasteiger partial charge in [0.2, 0.25) is 0 Å². The van der Waals surface area contributed by atoms with Gasteiger partial charge in [-0.25, -0.2) is 0 Å². The molecule has 0 fully saturated rings. The molecule has 18 heavy (non-hydrogen) atoms. The Bertz CT molecular complexity index is 376. The molecule has 0 atom stereocenters. The molecule has 8 heteroatoms. The number of alkyl halides is 3. The van der Waals surface area contributed by atoms with Gasteiger partial charge >= 0.3 is 6.18 Å². The zero-order valence-corrected chi connectivity index (χ0v) is 11.2. The van der Waals surface area contributed by atoms with Crippen molar-refractivity contribution in [3.05, 3.63) is 5.82 Å². The molecule has 1 aromatic rings. The summed E-state index contributed by atoms with van der Waals surface area (Å²) in [5.74, 6) is 1.03. The minimum absolute atomic E-state index is 0.0804. The fraction of sp³-hybridized carbons (Fsp3) is 0.800. The van der Waals surface area contributed by atoms with Gasteiger partial charge in [-0.1, -0.05) is 11.8 Å². The normalized spacial score (nSPS) is 12.4.